The van der Waals surface area contributed by atoms with Crippen LogP contribution in [0.15, 0.2) is 71.9 Å². The number of aromatic nitrogens is 3. The molecule has 34 heavy (non-hydrogen) atoms. The van der Waals surface area contributed by atoms with Gasteiger partial charge in [-0.15, -0.1) is 0 Å². The third-order valence-electron chi connectivity index (χ3n) is 5.27. The summed E-state index contributed by atoms with van der Waals surface area (Å²) in [7, 11) is -3.80. The number of aliphatic hydroxyl groups excluding tert-OH is 1. The molecule has 0 aliphatic carbocycles. The number of hydrogen-bond donors (Lipinski definition) is 4. The normalized spacial score (nSPS) is 12.5. The van der Waals surface area contributed by atoms with Crippen molar-refractivity contribution in [1.29, 1.82) is 0 Å². The average molecular weight is 482 g/mol. The molecule has 0 saturated heterocycles. The van der Waals surface area contributed by atoms with E-state index >= 15 is 0 Å². The van der Waals surface area contributed by atoms with Crippen molar-refractivity contribution in [3.63, 3.8) is 0 Å². The zero-order valence-electron chi connectivity index (χ0n) is 18.7. The number of rotatable bonds is 11. The fourth-order valence-electron chi connectivity index (χ4n) is 3.54. The van der Waals surface area contributed by atoms with Gasteiger partial charge < -0.3 is 15.2 Å². The van der Waals surface area contributed by atoms with E-state index in [2.05, 4.69) is 32.1 Å². The van der Waals surface area contributed by atoms with E-state index in [1.54, 1.807) is 36.4 Å². The van der Waals surface area contributed by atoms with Crippen molar-refractivity contribution in [2.24, 2.45) is 0 Å². The molecule has 0 bridgehead atoms. The molecule has 0 aliphatic heterocycles. The van der Waals surface area contributed by atoms with Gasteiger partial charge in [-0.2, -0.15) is 13.5 Å². The summed E-state index contributed by atoms with van der Waals surface area (Å²) in [6.45, 7) is 3.32. The fraction of sp³-hybridized carbons (Fsp3) is 0.250. The first-order valence-electron chi connectivity index (χ1n) is 11.0. The second-order valence-electron chi connectivity index (χ2n) is 7.70. The molecule has 2 aromatic heterocycles. The van der Waals surface area contributed by atoms with Gasteiger partial charge in [0.1, 0.15) is 12.4 Å². The van der Waals surface area contributed by atoms with Crippen LogP contribution in [0.3, 0.4) is 0 Å². The molecule has 4 N–H and O–H groups in total. The number of sulfonamides is 1. The summed E-state index contributed by atoms with van der Waals surface area (Å²) in [5, 5.41) is 22.0. The van der Waals surface area contributed by atoms with E-state index in [0.29, 0.717) is 30.9 Å². The molecule has 4 aromatic rings. The maximum atomic E-state index is 12.5. The molecule has 10 heteroatoms. The molecule has 0 aliphatic rings. The van der Waals surface area contributed by atoms with Gasteiger partial charge in [0.05, 0.1) is 17.3 Å². The van der Waals surface area contributed by atoms with Crippen LogP contribution in [0.1, 0.15) is 24.3 Å². The first kappa shape index (κ1) is 23.7. The quantitative estimate of drug-likeness (QED) is 0.242. The fourth-order valence-corrected chi connectivity index (χ4v) is 4.53. The zero-order valence-corrected chi connectivity index (χ0v) is 19.5. The standard InChI is InChI=1S/C24H27N5O4S/c1-2-21-20-10-9-19(15-22(20)28-27-21)33-13-12-25-16-23(30)17-6-5-7-18(14-17)29-34(31,32)24-8-3-4-11-26-24/h3-11,14-15,23,25,29-30H,2,12-13,16H2,1H3,(H,27,28)/t23-/m0/s1. The minimum Gasteiger partial charge on any atom is -0.492 e. The van der Waals surface area contributed by atoms with Gasteiger partial charge in [-0.1, -0.05) is 25.1 Å². The molecule has 0 spiro atoms. The number of anilines is 1. The van der Waals surface area contributed by atoms with Crippen molar-refractivity contribution < 1.29 is 18.3 Å². The number of hydrogen-bond acceptors (Lipinski definition) is 7. The van der Waals surface area contributed by atoms with Gasteiger partial charge in [-0.25, -0.2) is 4.98 Å². The van der Waals surface area contributed by atoms with Gasteiger partial charge in [0.25, 0.3) is 10.0 Å². The van der Waals surface area contributed by atoms with Crippen LogP contribution < -0.4 is 14.8 Å². The van der Waals surface area contributed by atoms with E-state index in [9.17, 15) is 13.5 Å². The molecule has 4 rings (SSSR count). The number of nitrogens with one attached hydrogen (secondary N) is 3. The largest absolute Gasteiger partial charge is 0.492 e. The van der Waals surface area contributed by atoms with Gasteiger partial charge in [0, 0.05) is 36.4 Å². The number of ether oxygens (including phenoxy) is 1. The third-order valence-corrected chi connectivity index (χ3v) is 6.57. The van der Waals surface area contributed by atoms with Crippen molar-refractivity contribution in [1.82, 2.24) is 20.5 Å². The highest BCUT2D eigenvalue weighted by molar-refractivity contribution is 7.92. The van der Waals surface area contributed by atoms with Crippen LogP contribution in [0.25, 0.3) is 10.9 Å². The van der Waals surface area contributed by atoms with E-state index in [4.69, 9.17) is 4.74 Å². The van der Waals surface area contributed by atoms with Crippen molar-refractivity contribution in [2.45, 2.75) is 24.5 Å². The number of aryl methyl sites for hydroxylation is 1. The van der Waals surface area contributed by atoms with E-state index in [-0.39, 0.29) is 5.03 Å². The highest BCUT2D eigenvalue weighted by atomic mass is 32.2. The topological polar surface area (TPSA) is 129 Å². The molecule has 178 valence electrons. The number of aromatic amines is 1. The minimum absolute atomic E-state index is 0.0694. The minimum atomic E-state index is -3.80. The smallest absolute Gasteiger partial charge is 0.279 e. The summed E-state index contributed by atoms with van der Waals surface area (Å²) in [5.74, 6) is 0.744. The van der Waals surface area contributed by atoms with Gasteiger partial charge >= 0.3 is 0 Å². The van der Waals surface area contributed by atoms with E-state index in [1.165, 1.54) is 12.3 Å². The van der Waals surface area contributed by atoms with Crippen LogP contribution in [0.4, 0.5) is 5.69 Å². The first-order chi connectivity index (χ1) is 16.5. The number of fused-ring (bicyclic) bond motifs is 1. The Morgan fingerprint density at radius 3 is 2.79 bits per heavy atom. The van der Waals surface area contributed by atoms with E-state index in [1.807, 2.05) is 18.2 Å². The number of benzene rings is 2. The molecule has 1 atom stereocenters. The molecule has 0 fully saturated rings. The first-order valence-corrected chi connectivity index (χ1v) is 12.5. The lowest BCUT2D eigenvalue weighted by molar-refractivity contribution is 0.172. The summed E-state index contributed by atoms with van der Waals surface area (Å²) in [6.07, 6.45) is 1.47. The van der Waals surface area contributed by atoms with Gasteiger partial charge in [-0.3, -0.25) is 9.82 Å². The Hall–Kier alpha value is -3.47. The van der Waals surface area contributed by atoms with Crippen molar-refractivity contribution in [2.75, 3.05) is 24.4 Å². The molecule has 0 amide bonds. The second kappa shape index (κ2) is 10.6. The average Bonchev–Trinajstić information content (AvgIpc) is 3.26. The summed E-state index contributed by atoms with van der Waals surface area (Å²) in [5.41, 5.74) is 2.92. The monoisotopic (exact) mass is 481 g/mol. The number of aliphatic hydroxyl groups is 1. The van der Waals surface area contributed by atoms with Gasteiger partial charge in [-0.05, 0) is 48.4 Å². The Bertz CT molecular complexity index is 1340. The summed E-state index contributed by atoms with van der Waals surface area (Å²) in [4.78, 5) is 3.88. The van der Waals surface area contributed by atoms with E-state index in [0.717, 1.165) is 28.8 Å². The van der Waals surface area contributed by atoms with Crippen LogP contribution in [0.2, 0.25) is 0 Å². The van der Waals surface area contributed by atoms with Crippen LogP contribution in [0, 0.1) is 0 Å². The van der Waals surface area contributed by atoms with Crippen molar-refractivity contribution >= 4 is 26.6 Å². The Morgan fingerprint density at radius 2 is 2.00 bits per heavy atom. The Balaban J connectivity index is 1.26. The lowest BCUT2D eigenvalue weighted by Crippen LogP contribution is -2.26. The molecule has 0 unspecified atom stereocenters. The maximum absolute atomic E-state index is 12.5. The molecular formula is C24H27N5O4S. The van der Waals surface area contributed by atoms with Crippen molar-refractivity contribution in [3.8, 4) is 5.75 Å². The third kappa shape index (κ3) is 5.71. The summed E-state index contributed by atoms with van der Waals surface area (Å²) in [6, 6.07) is 17.2. The number of pyridine rings is 1. The lowest BCUT2D eigenvalue weighted by atomic mass is 10.1. The van der Waals surface area contributed by atoms with Crippen LogP contribution in [-0.4, -0.2) is 48.4 Å². The molecule has 0 radical (unpaired) electrons. The highest BCUT2D eigenvalue weighted by Gasteiger charge is 2.16. The molecule has 9 nitrogen and oxygen atoms in total. The number of H-pyrrole nitrogens is 1. The predicted octanol–water partition coefficient (Wildman–Crippen LogP) is 3.02. The Labute approximate surface area is 198 Å². The molecule has 2 heterocycles. The summed E-state index contributed by atoms with van der Waals surface area (Å²) < 4.78 is 33.2. The highest BCUT2D eigenvalue weighted by Crippen LogP contribution is 2.22. The van der Waals surface area contributed by atoms with Crippen LogP contribution in [0.5, 0.6) is 5.75 Å². The Kier molecular flexibility index (Phi) is 7.41. The maximum Gasteiger partial charge on any atom is 0.279 e. The van der Waals surface area contributed by atoms with Gasteiger partial charge in [0.2, 0.25) is 0 Å². The second-order valence-corrected chi connectivity index (χ2v) is 9.33. The lowest BCUT2D eigenvalue weighted by Gasteiger charge is -2.14. The van der Waals surface area contributed by atoms with E-state index < -0.39 is 16.1 Å². The summed E-state index contributed by atoms with van der Waals surface area (Å²) >= 11 is 0. The zero-order chi connectivity index (χ0) is 24.0. The van der Waals surface area contributed by atoms with Crippen LogP contribution >= 0.6 is 0 Å². The molecular weight excluding hydrogens is 454 g/mol. The predicted molar refractivity (Wildman–Crippen MR) is 130 cm³/mol. The molecule has 2 aromatic carbocycles. The SMILES string of the molecule is CCc1n[nH]c2cc(OCCNC[C@H](O)c3cccc(NS(=O)(=O)c4ccccn4)c3)ccc12. The van der Waals surface area contributed by atoms with Crippen LogP contribution in [-0.2, 0) is 16.4 Å². The van der Waals surface area contributed by atoms with Gasteiger partial charge in [0.15, 0.2) is 5.03 Å². The van der Waals surface area contributed by atoms with Crippen molar-refractivity contribution in [3.05, 3.63) is 78.1 Å². The number of nitrogens with zero attached hydrogens (tertiary/aromatic N) is 2. The molecule has 0 saturated carbocycles. The Morgan fingerprint density at radius 1 is 1.12 bits per heavy atom.